The van der Waals surface area contributed by atoms with E-state index in [0.29, 0.717) is 6.07 Å². The molecule has 1 rings (SSSR count). The lowest BCUT2D eigenvalue weighted by Crippen LogP contribution is -1.93. The summed E-state index contributed by atoms with van der Waals surface area (Å²) in [6, 6.07) is 2.63. The largest absolute Gasteiger partial charge is 0.410 e. The van der Waals surface area contributed by atoms with Gasteiger partial charge < -0.3 is 5.21 Å². The number of benzene rings is 1. The van der Waals surface area contributed by atoms with Crippen LogP contribution < -0.4 is 0 Å². The second-order valence-corrected chi connectivity index (χ2v) is 2.41. The summed E-state index contributed by atoms with van der Waals surface area (Å²) >= 11 is 5.30. The summed E-state index contributed by atoms with van der Waals surface area (Å²) in [5.74, 6) is -1.54. The van der Waals surface area contributed by atoms with E-state index in [1.54, 1.807) is 0 Å². The zero-order valence-electron chi connectivity index (χ0n) is 5.76. The highest BCUT2D eigenvalue weighted by Gasteiger charge is 2.04. The molecule has 0 amide bonds. The summed E-state index contributed by atoms with van der Waals surface area (Å²) in [7, 11) is 0. The Bertz CT molecular complexity index is 307. The highest BCUT2D eigenvalue weighted by molar-refractivity contribution is 6.69. The normalized spacial score (nSPS) is 11.8. The van der Waals surface area contributed by atoms with Crippen molar-refractivity contribution >= 4 is 16.8 Å². The minimum atomic E-state index is -0.771. The quantitative estimate of drug-likeness (QED) is 0.413. The molecule has 0 heterocycles. The van der Waals surface area contributed by atoms with Gasteiger partial charge in [0.1, 0.15) is 11.6 Å². The smallest absolute Gasteiger partial charge is 0.175 e. The monoisotopic (exact) mass is 191 g/mol. The van der Waals surface area contributed by atoms with Crippen LogP contribution in [0.2, 0.25) is 0 Å². The van der Waals surface area contributed by atoms with Crippen LogP contribution in [0, 0.1) is 11.6 Å². The fourth-order valence-corrected chi connectivity index (χ4v) is 0.840. The Hall–Kier alpha value is -1.16. The molecule has 0 saturated heterocycles. The van der Waals surface area contributed by atoms with Crippen LogP contribution in [0.15, 0.2) is 23.4 Å². The zero-order chi connectivity index (χ0) is 9.14. The van der Waals surface area contributed by atoms with E-state index >= 15 is 0 Å². The van der Waals surface area contributed by atoms with Gasteiger partial charge in [0.25, 0.3) is 0 Å². The Morgan fingerprint density at radius 1 is 1.25 bits per heavy atom. The third-order valence-corrected chi connectivity index (χ3v) is 1.48. The summed E-state index contributed by atoms with van der Waals surface area (Å²) < 4.78 is 25.0. The highest BCUT2D eigenvalue weighted by Crippen LogP contribution is 2.10. The maximum atomic E-state index is 12.5. The van der Waals surface area contributed by atoms with Crippen LogP contribution in [-0.2, 0) is 0 Å². The maximum Gasteiger partial charge on any atom is 0.175 e. The van der Waals surface area contributed by atoms with Gasteiger partial charge in [-0.05, 0) is 12.1 Å². The molecule has 0 bridgehead atoms. The summed E-state index contributed by atoms with van der Waals surface area (Å²) in [5.41, 5.74) is -0.00309. The Morgan fingerprint density at radius 3 is 2.17 bits per heavy atom. The first-order chi connectivity index (χ1) is 5.63. The molecule has 5 heteroatoms. The molecule has 1 aromatic rings. The molecule has 2 nitrogen and oxygen atoms in total. The van der Waals surface area contributed by atoms with Gasteiger partial charge in [-0.2, -0.15) is 0 Å². The average Bonchev–Trinajstić information content (AvgIpc) is 2.01. The van der Waals surface area contributed by atoms with Crippen LogP contribution in [0.25, 0.3) is 0 Å². The predicted molar refractivity (Wildman–Crippen MR) is 40.5 cm³/mol. The van der Waals surface area contributed by atoms with Gasteiger partial charge in [-0.1, -0.05) is 16.8 Å². The second-order valence-electron chi connectivity index (χ2n) is 2.05. The number of oxime groups is 1. The number of halogens is 3. The molecule has 0 atom stereocenters. The van der Waals surface area contributed by atoms with E-state index in [1.165, 1.54) is 0 Å². The van der Waals surface area contributed by atoms with Crippen molar-refractivity contribution in [3.63, 3.8) is 0 Å². The van der Waals surface area contributed by atoms with Gasteiger partial charge in [0, 0.05) is 11.6 Å². The van der Waals surface area contributed by atoms with Gasteiger partial charge in [0.05, 0.1) is 0 Å². The van der Waals surface area contributed by atoms with Crippen molar-refractivity contribution in [1.29, 1.82) is 0 Å². The number of hydrogen-bond acceptors (Lipinski definition) is 2. The Labute approximate surface area is 72.1 Å². The van der Waals surface area contributed by atoms with E-state index in [-0.39, 0.29) is 10.7 Å². The zero-order valence-corrected chi connectivity index (χ0v) is 6.52. The molecule has 1 N–H and O–H groups in total. The Kier molecular flexibility index (Phi) is 2.60. The second kappa shape index (κ2) is 3.49. The summed E-state index contributed by atoms with van der Waals surface area (Å²) in [5, 5.41) is 10.4. The van der Waals surface area contributed by atoms with Crippen LogP contribution >= 0.6 is 11.6 Å². The number of nitrogens with zero attached hydrogens (tertiary/aromatic N) is 1. The Morgan fingerprint density at radius 2 is 1.75 bits per heavy atom. The van der Waals surface area contributed by atoms with Crippen LogP contribution in [0.5, 0.6) is 0 Å². The van der Waals surface area contributed by atoms with Gasteiger partial charge in [-0.15, -0.1) is 0 Å². The molecular formula is C7H4ClF2NO. The minimum absolute atomic E-state index is 0.00309. The lowest BCUT2D eigenvalue weighted by molar-refractivity contribution is 0.321. The first kappa shape index (κ1) is 8.93. The SMILES string of the molecule is O/N=C(/Cl)c1cc(F)cc(F)c1. The molecule has 0 fully saturated rings. The van der Waals surface area contributed by atoms with Crippen LogP contribution in [0.3, 0.4) is 0 Å². The first-order valence-electron chi connectivity index (χ1n) is 2.97. The lowest BCUT2D eigenvalue weighted by atomic mass is 10.2. The van der Waals surface area contributed by atoms with Crippen LogP contribution in [0.4, 0.5) is 8.78 Å². The molecule has 0 aliphatic heterocycles. The van der Waals surface area contributed by atoms with Crippen molar-refractivity contribution < 1.29 is 14.0 Å². The van der Waals surface area contributed by atoms with E-state index in [4.69, 9.17) is 16.8 Å². The lowest BCUT2D eigenvalue weighted by Gasteiger charge is -1.96. The molecule has 0 radical (unpaired) electrons. The van der Waals surface area contributed by atoms with Crippen LogP contribution in [-0.4, -0.2) is 10.4 Å². The summed E-state index contributed by atoms with van der Waals surface area (Å²) in [4.78, 5) is 0. The molecule has 0 unspecified atom stereocenters. The molecule has 0 spiro atoms. The van der Waals surface area contributed by atoms with Crippen molar-refractivity contribution in [3.05, 3.63) is 35.4 Å². The molecule has 0 saturated carbocycles. The van der Waals surface area contributed by atoms with E-state index < -0.39 is 11.6 Å². The molecule has 64 valence electrons. The van der Waals surface area contributed by atoms with Crippen molar-refractivity contribution in [2.45, 2.75) is 0 Å². The number of hydrogen-bond donors (Lipinski definition) is 1. The van der Waals surface area contributed by atoms with Gasteiger partial charge in [0.2, 0.25) is 0 Å². The highest BCUT2D eigenvalue weighted by atomic mass is 35.5. The van der Waals surface area contributed by atoms with E-state index in [2.05, 4.69) is 5.16 Å². The van der Waals surface area contributed by atoms with E-state index in [9.17, 15) is 8.78 Å². The predicted octanol–water partition coefficient (Wildman–Crippen LogP) is 2.34. The molecule has 0 aliphatic carbocycles. The Balaban J connectivity index is 3.17. The molecule has 0 aromatic heterocycles. The van der Waals surface area contributed by atoms with Crippen molar-refractivity contribution in [2.75, 3.05) is 0 Å². The van der Waals surface area contributed by atoms with Crippen molar-refractivity contribution in [2.24, 2.45) is 5.16 Å². The van der Waals surface area contributed by atoms with Crippen molar-refractivity contribution in [1.82, 2.24) is 0 Å². The fourth-order valence-electron chi connectivity index (χ4n) is 0.731. The van der Waals surface area contributed by atoms with Gasteiger partial charge in [-0.3, -0.25) is 0 Å². The van der Waals surface area contributed by atoms with Gasteiger partial charge >= 0.3 is 0 Å². The minimum Gasteiger partial charge on any atom is -0.410 e. The van der Waals surface area contributed by atoms with E-state index in [0.717, 1.165) is 12.1 Å². The third-order valence-electron chi connectivity index (χ3n) is 1.19. The number of rotatable bonds is 1. The topological polar surface area (TPSA) is 32.6 Å². The first-order valence-corrected chi connectivity index (χ1v) is 3.35. The maximum absolute atomic E-state index is 12.5. The summed E-state index contributed by atoms with van der Waals surface area (Å²) in [6.45, 7) is 0. The van der Waals surface area contributed by atoms with Gasteiger partial charge in [-0.25, -0.2) is 8.78 Å². The van der Waals surface area contributed by atoms with Crippen LogP contribution in [0.1, 0.15) is 5.56 Å². The average molecular weight is 192 g/mol. The fraction of sp³-hybridized carbons (Fsp3) is 0. The standard InChI is InChI=1S/C7H4ClF2NO/c8-7(11-12)4-1-5(9)3-6(10)2-4/h1-3,12H/b11-7+. The molecule has 0 aliphatic rings. The summed E-state index contributed by atoms with van der Waals surface area (Å²) in [6.07, 6.45) is 0. The molecule has 12 heavy (non-hydrogen) atoms. The van der Waals surface area contributed by atoms with E-state index in [1.807, 2.05) is 0 Å². The van der Waals surface area contributed by atoms with Gasteiger partial charge in [0.15, 0.2) is 5.17 Å². The third kappa shape index (κ3) is 1.92. The van der Waals surface area contributed by atoms with Crippen molar-refractivity contribution in [3.8, 4) is 0 Å². The molecular weight excluding hydrogens is 188 g/mol. The molecule has 1 aromatic carbocycles.